The van der Waals surface area contributed by atoms with Crippen LogP contribution in [0.3, 0.4) is 0 Å². The van der Waals surface area contributed by atoms with Gasteiger partial charge in [0.15, 0.2) is 11.5 Å². The number of benzene rings is 8. The van der Waals surface area contributed by atoms with Crippen LogP contribution in [0.5, 0.6) is 0 Å². The highest BCUT2D eigenvalue weighted by Crippen LogP contribution is 2.41. The smallest absolute Gasteiger partial charge is 0.161 e. The van der Waals surface area contributed by atoms with Crippen LogP contribution >= 0.6 is 0 Å². The van der Waals surface area contributed by atoms with Crippen LogP contribution in [0.4, 0.5) is 0 Å². The second-order valence-electron chi connectivity index (χ2n) is 14.0. The third-order valence-corrected chi connectivity index (χ3v) is 10.7. The second-order valence-corrected chi connectivity index (χ2v) is 14.0. The molecule has 0 aliphatic heterocycles. The number of aromatic nitrogens is 5. The molecule has 0 bridgehead atoms. The zero-order valence-electron chi connectivity index (χ0n) is 29.6. The molecule has 0 saturated heterocycles. The fourth-order valence-corrected chi connectivity index (χ4v) is 7.97. The molecular weight excluding hydrogens is 671 g/mol. The van der Waals surface area contributed by atoms with Gasteiger partial charge in [0.25, 0.3) is 0 Å². The third-order valence-electron chi connectivity index (χ3n) is 10.7. The molecule has 0 N–H and O–H groups in total. The van der Waals surface area contributed by atoms with E-state index < -0.39 is 0 Å². The molecule has 256 valence electrons. The van der Waals surface area contributed by atoms with Crippen molar-refractivity contribution in [1.82, 2.24) is 24.3 Å². The number of hydrogen-bond acceptors (Lipinski definition) is 4. The minimum atomic E-state index is 0.672. The van der Waals surface area contributed by atoms with Gasteiger partial charge in [-0.15, -0.1) is 0 Å². The molecule has 11 aromatic rings. The summed E-state index contributed by atoms with van der Waals surface area (Å²) < 4.78 is 2.14. The Balaban J connectivity index is 1.13. The van der Waals surface area contributed by atoms with Gasteiger partial charge in [-0.2, -0.15) is 0 Å². The first-order chi connectivity index (χ1) is 27.2. The highest BCUT2D eigenvalue weighted by Gasteiger charge is 2.21. The lowest BCUT2D eigenvalue weighted by atomic mass is 9.94. The molecule has 11 rings (SSSR count). The molecule has 0 amide bonds. The van der Waals surface area contributed by atoms with Crippen molar-refractivity contribution in [3.63, 3.8) is 0 Å². The summed E-state index contributed by atoms with van der Waals surface area (Å²) in [7, 11) is 0. The predicted molar refractivity (Wildman–Crippen MR) is 226 cm³/mol. The predicted octanol–water partition coefficient (Wildman–Crippen LogP) is 12.5. The molecular formula is C50H31N5. The Hall–Kier alpha value is -7.50. The lowest BCUT2D eigenvalue weighted by molar-refractivity contribution is 1.13. The highest BCUT2D eigenvalue weighted by atomic mass is 15.0. The molecule has 8 aromatic carbocycles. The van der Waals surface area contributed by atoms with Gasteiger partial charge in [-0.05, 0) is 73.4 Å². The van der Waals surface area contributed by atoms with Gasteiger partial charge in [0.05, 0.1) is 29.0 Å². The minimum Gasteiger partial charge on any atom is -0.296 e. The number of fused-ring (bicyclic) bond motifs is 5. The Morgan fingerprint density at radius 1 is 0.400 bits per heavy atom. The van der Waals surface area contributed by atoms with Gasteiger partial charge < -0.3 is 0 Å². The van der Waals surface area contributed by atoms with Crippen LogP contribution in [-0.2, 0) is 0 Å². The third kappa shape index (κ3) is 5.33. The van der Waals surface area contributed by atoms with Crippen LogP contribution in [-0.4, -0.2) is 24.3 Å². The van der Waals surface area contributed by atoms with Gasteiger partial charge in [-0.3, -0.25) is 9.38 Å². The van der Waals surface area contributed by atoms with E-state index in [4.69, 9.17) is 15.0 Å². The molecule has 3 heterocycles. The van der Waals surface area contributed by atoms with Crippen LogP contribution in [0.2, 0.25) is 0 Å². The molecule has 0 aliphatic rings. The van der Waals surface area contributed by atoms with Crippen LogP contribution in [0.15, 0.2) is 188 Å². The van der Waals surface area contributed by atoms with Gasteiger partial charge in [-0.25, -0.2) is 15.0 Å². The monoisotopic (exact) mass is 701 g/mol. The Labute approximate surface area is 316 Å². The van der Waals surface area contributed by atoms with Crippen molar-refractivity contribution >= 4 is 48.7 Å². The Morgan fingerprint density at radius 3 is 1.49 bits per heavy atom. The summed E-state index contributed by atoms with van der Waals surface area (Å²) in [6.45, 7) is 0. The van der Waals surface area contributed by atoms with Crippen molar-refractivity contribution in [2.45, 2.75) is 0 Å². The second kappa shape index (κ2) is 12.6. The van der Waals surface area contributed by atoms with Gasteiger partial charge in [0, 0.05) is 40.2 Å². The van der Waals surface area contributed by atoms with Gasteiger partial charge in [0.1, 0.15) is 0 Å². The van der Waals surface area contributed by atoms with Crippen molar-refractivity contribution < 1.29 is 0 Å². The van der Waals surface area contributed by atoms with Crippen molar-refractivity contribution in [1.29, 1.82) is 0 Å². The summed E-state index contributed by atoms with van der Waals surface area (Å²) in [5.41, 5.74) is 9.63. The maximum absolute atomic E-state index is 5.31. The first kappa shape index (κ1) is 31.1. The van der Waals surface area contributed by atoms with Gasteiger partial charge >= 0.3 is 0 Å². The Morgan fingerprint density at radius 2 is 0.891 bits per heavy atom. The number of imidazole rings is 1. The average Bonchev–Trinajstić information content (AvgIpc) is 3.65. The average molecular weight is 702 g/mol. The first-order valence-corrected chi connectivity index (χ1v) is 18.4. The molecule has 0 unspecified atom stereocenters. The van der Waals surface area contributed by atoms with E-state index in [2.05, 4.69) is 179 Å². The number of hydrogen-bond donors (Lipinski definition) is 0. The van der Waals surface area contributed by atoms with E-state index in [0.29, 0.717) is 5.82 Å². The van der Waals surface area contributed by atoms with E-state index in [1.165, 1.54) is 32.3 Å². The SMILES string of the molecule is c1ccc2cc(-c3cc(-c4ccc5ccccc5c4)nc(-c4ccc(-c5nc6cnccn6c5-c5ccc6ccccc6c5)c5ccccc45)n3)ccc2c1. The van der Waals surface area contributed by atoms with Gasteiger partial charge in [0.2, 0.25) is 0 Å². The van der Waals surface area contributed by atoms with Crippen LogP contribution < -0.4 is 0 Å². The summed E-state index contributed by atoms with van der Waals surface area (Å²) in [5.74, 6) is 0.672. The molecule has 3 aromatic heterocycles. The zero-order valence-corrected chi connectivity index (χ0v) is 29.6. The van der Waals surface area contributed by atoms with Crippen molar-refractivity contribution in [3.05, 3.63) is 188 Å². The fourth-order valence-electron chi connectivity index (χ4n) is 7.97. The maximum Gasteiger partial charge on any atom is 0.161 e. The van der Waals surface area contributed by atoms with Crippen molar-refractivity contribution in [3.8, 4) is 56.4 Å². The van der Waals surface area contributed by atoms with Crippen LogP contribution in [0.1, 0.15) is 0 Å². The molecule has 0 spiro atoms. The Bertz CT molecular complexity index is 3190. The molecule has 5 nitrogen and oxygen atoms in total. The number of nitrogens with zero attached hydrogens (tertiary/aromatic N) is 5. The van der Waals surface area contributed by atoms with Crippen molar-refractivity contribution in [2.75, 3.05) is 0 Å². The lowest BCUT2D eigenvalue weighted by Crippen LogP contribution is -1.97. The van der Waals surface area contributed by atoms with Gasteiger partial charge in [-0.1, -0.05) is 140 Å². The summed E-state index contributed by atoms with van der Waals surface area (Å²) in [4.78, 5) is 20.3. The van der Waals surface area contributed by atoms with E-state index in [1.54, 1.807) is 0 Å². The lowest BCUT2D eigenvalue weighted by Gasteiger charge is -2.14. The maximum atomic E-state index is 5.31. The minimum absolute atomic E-state index is 0.672. The van der Waals surface area contributed by atoms with Crippen LogP contribution in [0.25, 0.3) is 105 Å². The first-order valence-electron chi connectivity index (χ1n) is 18.4. The summed E-state index contributed by atoms with van der Waals surface area (Å²) in [6.07, 6.45) is 5.63. The quantitative estimate of drug-likeness (QED) is 0.179. The highest BCUT2D eigenvalue weighted by molar-refractivity contribution is 6.06. The normalized spacial score (nSPS) is 11.6. The van der Waals surface area contributed by atoms with Crippen molar-refractivity contribution in [2.24, 2.45) is 0 Å². The zero-order chi connectivity index (χ0) is 36.3. The molecule has 0 saturated carbocycles. The molecule has 0 fully saturated rings. The van der Waals surface area contributed by atoms with Crippen LogP contribution in [0, 0.1) is 0 Å². The number of rotatable bonds is 5. The fraction of sp³-hybridized carbons (Fsp3) is 0. The van der Waals surface area contributed by atoms with E-state index >= 15 is 0 Å². The molecule has 5 heteroatoms. The largest absolute Gasteiger partial charge is 0.296 e. The molecule has 0 radical (unpaired) electrons. The Kier molecular flexibility index (Phi) is 7.10. The molecule has 0 aliphatic carbocycles. The summed E-state index contributed by atoms with van der Waals surface area (Å²) >= 11 is 0. The standard InChI is InChI=1S/C50H31N5/c1-4-12-35-27-38(20-17-32(35)9-1)45-30-46(39-21-18-33-10-2-5-13-36(33)28-39)53-50(52-45)44-24-23-43(41-15-7-8-16-42(41)44)48-49(55-26-25-51-31-47(55)54-48)40-22-19-34-11-3-6-14-37(34)29-40/h1-31H. The topological polar surface area (TPSA) is 56.0 Å². The van der Waals surface area contributed by atoms with E-state index in [1.807, 2.05) is 18.6 Å². The summed E-state index contributed by atoms with van der Waals surface area (Å²) in [6, 6.07) is 60.1. The molecule has 55 heavy (non-hydrogen) atoms. The van der Waals surface area contributed by atoms with E-state index in [0.717, 1.165) is 67.0 Å². The van der Waals surface area contributed by atoms with E-state index in [9.17, 15) is 0 Å². The summed E-state index contributed by atoms with van der Waals surface area (Å²) in [5, 5.41) is 9.25. The van der Waals surface area contributed by atoms with E-state index in [-0.39, 0.29) is 0 Å². The molecule has 0 atom stereocenters.